The predicted octanol–water partition coefficient (Wildman–Crippen LogP) is 1.39. The van der Waals surface area contributed by atoms with E-state index in [4.69, 9.17) is 0 Å². The number of rotatable bonds is 4. The molecule has 0 aromatic carbocycles. The lowest BCUT2D eigenvalue weighted by Gasteiger charge is -2.10. The lowest BCUT2D eigenvalue weighted by molar-refractivity contribution is 0.437. The van der Waals surface area contributed by atoms with Crippen molar-refractivity contribution in [3.63, 3.8) is 0 Å². The third-order valence-corrected chi connectivity index (χ3v) is 3.33. The first kappa shape index (κ1) is 10.6. The Morgan fingerprint density at radius 1 is 1.75 bits per heavy atom. The molecule has 0 saturated carbocycles. The Labute approximate surface area is 87.6 Å². The van der Waals surface area contributed by atoms with Gasteiger partial charge in [0.25, 0.3) is 0 Å². The highest BCUT2D eigenvalue weighted by molar-refractivity contribution is 8.09. The average molecular weight is 223 g/mol. The minimum atomic E-state index is 1.10. The van der Waals surface area contributed by atoms with E-state index in [2.05, 4.69) is 42.6 Å². The van der Waals surface area contributed by atoms with Crippen LogP contribution in [0, 0.1) is 0 Å². The maximum Gasteiger partial charge on any atom is 0.0919 e. The maximum absolute atomic E-state index is 4.12. The lowest BCUT2D eigenvalue weighted by Crippen LogP contribution is -2.18. The highest BCUT2D eigenvalue weighted by Crippen LogP contribution is 2.27. The minimum absolute atomic E-state index is 1.10. The molecule has 1 N–H and O–H groups in total. The fourth-order valence-corrected chi connectivity index (χ4v) is 2.66. The van der Waals surface area contributed by atoms with Crippen LogP contribution in [0.5, 0.6) is 0 Å². The van der Waals surface area contributed by atoms with Gasteiger partial charge in [0.1, 0.15) is 0 Å². The summed E-state index contributed by atoms with van der Waals surface area (Å²) in [5.74, 6) is 1.11. The second-order valence-corrected chi connectivity index (χ2v) is 5.24. The van der Waals surface area contributed by atoms with Crippen molar-refractivity contribution in [3.8, 4) is 0 Å². The maximum atomic E-state index is 4.12. The monoisotopic (exact) mass is 223 g/mol. The summed E-state index contributed by atoms with van der Waals surface area (Å²) in [5.41, 5.74) is 3.09. The molecule has 0 unspecified atom stereocenters. The van der Waals surface area contributed by atoms with E-state index < -0.39 is 0 Å². The van der Waals surface area contributed by atoms with Crippen LogP contribution < -0.4 is 5.43 Å². The van der Waals surface area contributed by atoms with Gasteiger partial charge in [-0.05, 0) is 26.0 Å². The van der Waals surface area contributed by atoms with Crippen LogP contribution in [0.4, 0.5) is 0 Å². The molecule has 1 rings (SSSR count). The molecule has 1 aliphatic heterocycles. The van der Waals surface area contributed by atoms with Gasteiger partial charge in [-0.15, -0.1) is 15.6 Å². The molecule has 0 fully saturated rings. The van der Waals surface area contributed by atoms with Gasteiger partial charge in [-0.1, -0.05) is 12.8 Å². The fourth-order valence-electron chi connectivity index (χ4n) is 0.649. The molecule has 1 heterocycles. The van der Waals surface area contributed by atoms with Crippen LogP contribution in [-0.2, 0) is 0 Å². The Morgan fingerprint density at radius 2 is 2.50 bits per heavy atom. The van der Waals surface area contributed by atoms with Crippen LogP contribution in [-0.4, -0.2) is 35.1 Å². The molecule has 0 aromatic rings. The van der Waals surface area contributed by atoms with Crippen LogP contribution >= 0.6 is 36.5 Å². The van der Waals surface area contributed by atoms with Crippen LogP contribution in [0.3, 0.4) is 0 Å². The molecule has 0 bridgehead atoms. The minimum Gasteiger partial charge on any atom is -0.309 e. The van der Waals surface area contributed by atoms with E-state index in [0.717, 1.165) is 12.3 Å². The average Bonchev–Trinajstić information content (AvgIpc) is 2.35. The summed E-state index contributed by atoms with van der Waals surface area (Å²) < 4.78 is 1.69. The third kappa shape index (κ3) is 3.95. The third-order valence-electron chi connectivity index (χ3n) is 1.26. The Kier molecular flexibility index (Phi) is 4.66. The zero-order valence-corrected chi connectivity index (χ0v) is 9.68. The van der Waals surface area contributed by atoms with Gasteiger partial charge in [-0.25, -0.2) is 0 Å². The Bertz CT molecular complexity index is 171. The van der Waals surface area contributed by atoms with Gasteiger partial charge in [0, 0.05) is 17.7 Å². The van der Waals surface area contributed by atoms with E-state index >= 15 is 0 Å². The molecule has 3 nitrogen and oxygen atoms in total. The first-order chi connectivity index (χ1) is 5.68. The zero-order valence-electron chi connectivity index (χ0n) is 7.15. The molecule has 0 spiro atoms. The van der Waals surface area contributed by atoms with Gasteiger partial charge in [0.15, 0.2) is 0 Å². The number of hydrogen-bond acceptors (Lipinski definition) is 6. The first-order valence-electron chi connectivity index (χ1n) is 3.58. The van der Waals surface area contributed by atoms with Gasteiger partial charge in [0.05, 0.1) is 5.03 Å². The first-order valence-corrected chi connectivity index (χ1v) is 5.81. The number of hydrazine groups is 1. The van der Waals surface area contributed by atoms with E-state index in [-0.39, 0.29) is 0 Å². The van der Waals surface area contributed by atoms with Crippen molar-refractivity contribution in [2.24, 2.45) is 0 Å². The molecular weight excluding hydrogens is 210 g/mol. The standard InChI is InChI=1S/C6H13N3S3/c1-8(2)3-4-11-6-5-12-9(10)7-6/h5,7,10H,3-4H2,1-2H3. The summed E-state index contributed by atoms with van der Waals surface area (Å²) in [7, 11) is 4.16. The van der Waals surface area contributed by atoms with Gasteiger partial charge in [0.2, 0.25) is 0 Å². The summed E-state index contributed by atoms with van der Waals surface area (Å²) in [6.45, 7) is 1.10. The van der Waals surface area contributed by atoms with Crippen molar-refractivity contribution in [3.05, 3.63) is 10.4 Å². The van der Waals surface area contributed by atoms with Crippen molar-refractivity contribution in [1.29, 1.82) is 0 Å². The number of nitrogens with one attached hydrogen (secondary N) is 1. The SMILES string of the molecule is CN(C)CCSC1=CSN(S)N1. The van der Waals surface area contributed by atoms with Crippen molar-refractivity contribution >= 4 is 36.5 Å². The molecule has 0 radical (unpaired) electrons. The molecule has 0 aromatic heterocycles. The quantitative estimate of drug-likeness (QED) is 0.552. The smallest absolute Gasteiger partial charge is 0.0919 e. The largest absolute Gasteiger partial charge is 0.309 e. The predicted molar refractivity (Wildman–Crippen MR) is 60.6 cm³/mol. The summed E-state index contributed by atoms with van der Waals surface area (Å²) in [4.78, 5) is 2.17. The molecule has 70 valence electrons. The number of hydrogen-bond donors (Lipinski definition) is 2. The second-order valence-electron chi connectivity index (χ2n) is 2.62. The summed E-state index contributed by atoms with van der Waals surface area (Å²) >= 11 is 7.49. The van der Waals surface area contributed by atoms with Crippen LogP contribution in [0.15, 0.2) is 10.4 Å². The Hall–Kier alpha value is 0.510. The fraction of sp³-hybridized carbons (Fsp3) is 0.667. The molecule has 6 heteroatoms. The normalized spacial score (nSPS) is 18.2. The molecular formula is C6H13N3S3. The summed E-state index contributed by atoms with van der Waals surface area (Å²) in [6.07, 6.45) is 0. The van der Waals surface area contributed by atoms with E-state index in [0.29, 0.717) is 0 Å². The van der Waals surface area contributed by atoms with E-state index in [1.54, 1.807) is 15.8 Å². The second kappa shape index (κ2) is 5.29. The van der Waals surface area contributed by atoms with E-state index in [1.165, 1.54) is 5.03 Å². The molecule has 0 amide bonds. The van der Waals surface area contributed by atoms with Gasteiger partial charge in [-0.2, -0.15) is 0 Å². The van der Waals surface area contributed by atoms with Crippen molar-refractivity contribution in [2.45, 2.75) is 0 Å². The van der Waals surface area contributed by atoms with Crippen molar-refractivity contribution in [1.82, 2.24) is 14.1 Å². The number of thioether (sulfide) groups is 1. The van der Waals surface area contributed by atoms with Crippen LogP contribution in [0.25, 0.3) is 0 Å². The van der Waals surface area contributed by atoms with E-state index in [1.807, 2.05) is 11.8 Å². The van der Waals surface area contributed by atoms with Gasteiger partial charge < -0.3 is 4.90 Å². The summed E-state index contributed by atoms with van der Waals surface area (Å²) in [5, 5.41) is 3.24. The van der Waals surface area contributed by atoms with Crippen molar-refractivity contribution < 1.29 is 0 Å². The lowest BCUT2D eigenvalue weighted by atomic mass is 10.7. The van der Waals surface area contributed by atoms with Crippen LogP contribution in [0.2, 0.25) is 0 Å². The molecule has 0 aliphatic carbocycles. The highest BCUT2D eigenvalue weighted by atomic mass is 32.2. The van der Waals surface area contributed by atoms with Gasteiger partial charge in [-0.3, -0.25) is 5.43 Å². The zero-order chi connectivity index (χ0) is 8.97. The Balaban J connectivity index is 2.08. The molecule has 0 atom stereocenters. The topological polar surface area (TPSA) is 18.5 Å². The number of thiol groups is 1. The number of nitrogens with zero attached hydrogens (tertiary/aromatic N) is 2. The van der Waals surface area contributed by atoms with Gasteiger partial charge >= 0.3 is 0 Å². The van der Waals surface area contributed by atoms with E-state index in [9.17, 15) is 0 Å². The molecule has 0 saturated heterocycles. The Morgan fingerprint density at radius 3 is 3.00 bits per heavy atom. The summed E-state index contributed by atoms with van der Waals surface area (Å²) in [6, 6.07) is 0. The van der Waals surface area contributed by atoms with Crippen molar-refractivity contribution in [2.75, 3.05) is 26.4 Å². The van der Waals surface area contributed by atoms with Crippen LogP contribution in [0.1, 0.15) is 0 Å². The molecule has 12 heavy (non-hydrogen) atoms. The molecule has 1 aliphatic rings. The highest BCUT2D eigenvalue weighted by Gasteiger charge is 2.09.